The molecule has 110 valence electrons. The predicted molar refractivity (Wildman–Crippen MR) is 78.3 cm³/mol. The van der Waals surface area contributed by atoms with E-state index in [-0.39, 0.29) is 18.9 Å². The second-order valence-corrected chi connectivity index (χ2v) is 4.85. The molecule has 0 atom stereocenters. The Morgan fingerprint density at radius 3 is 2.90 bits per heavy atom. The summed E-state index contributed by atoms with van der Waals surface area (Å²) < 4.78 is 0. The van der Waals surface area contributed by atoms with E-state index >= 15 is 0 Å². The average molecular weight is 287 g/mol. The van der Waals surface area contributed by atoms with E-state index in [4.69, 9.17) is 10.4 Å². The van der Waals surface area contributed by atoms with E-state index < -0.39 is 5.97 Å². The van der Waals surface area contributed by atoms with Crippen molar-refractivity contribution in [2.24, 2.45) is 0 Å². The maximum absolute atomic E-state index is 11.9. The van der Waals surface area contributed by atoms with Gasteiger partial charge in [0.15, 0.2) is 0 Å². The molecule has 1 aromatic rings. The minimum Gasteiger partial charge on any atom is -0.481 e. The van der Waals surface area contributed by atoms with E-state index in [9.17, 15) is 9.59 Å². The number of hydrogen-bond donors (Lipinski definition) is 1. The number of anilines is 2. The monoisotopic (exact) mass is 287 g/mol. The van der Waals surface area contributed by atoms with E-state index in [0.717, 1.165) is 16.9 Å². The van der Waals surface area contributed by atoms with Crippen molar-refractivity contribution < 1.29 is 14.7 Å². The van der Waals surface area contributed by atoms with Crippen molar-refractivity contribution in [3.05, 3.63) is 23.8 Å². The van der Waals surface area contributed by atoms with Crippen LogP contribution in [0.3, 0.4) is 0 Å². The molecule has 21 heavy (non-hydrogen) atoms. The Kier molecular flexibility index (Phi) is 4.43. The number of carboxylic acid groups (broad SMARTS) is 1. The molecule has 1 aliphatic rings. The highest BCUT2D eigenvalue weighted by molar-refractivity contribution is 6.02. The lowest BCUT2D eigenvalue weighted by Crippen LogP contribution is -2.27. The van der Waals surface area contributed by atoms with Gasteiger partial charge in [0.05, 0.1) is 18.9 Å². The van der Waals surface area contributed by atoms with Gasteiger partial charge in [0, 0.05) is 24.5 Å². The fraction of sp³-hybridized carbons (Fsp3) is 0.400. The lowest BCUT2D eigenvalue weighted by Gasteiger charge is -2.23. The third kappa shape index (κ3) is 3.14. The lowest BCUT2D eigenvalue weighted by molar-refractivity contribution is -0.136. The Morgan fingerprint density at radius 1 is 1.52 bits per heavy atom. The van der Waals surface area contributed by atoms with Gasteiger partial charge in [-0.3, -0.25) is 14.5 Å². The van der Waals surface area contributed by atoms with Crippen LogP contribution in [0.15, 0.2) is 18.2 Å². The van der Waals surface area contributed by atoms with Gasteiger partial charge in [0.1, 0.15) is 6.54 Å². The molecule has 0 radical (unpaired) electrons. The molecule has 2 rings (SSSR count). The Labute approximate surface area is 123 Å². The number of carbonyl (C=O) groups is 2. The van der Waals surface area contributed by atoms with Gasteiger partial charge in [-0.1, -0.05) is 0 Å². The van der Waals surface area contributed by atoms with Crippen LogP contribution in [-0.2, 0) is 16.0 Å². The minimum absolute atomic E-state index is 0.0572. The third-order valence-corrected chi connectivity index (χ3v) is 3.57. The number of benzene rings is 1. The normalized spacial score (nSPS) is 13.0. The Bertz CT molecular complexity index is 607. The molecule has 1 amide bonds. The standard InChI is InChI=1S/C15H17N3O3/c1-2-17(7-5-15(20)21)12-3-4-13-11(9-12)10-14(19)18(13)8-6-16/h3-4,9H,2,5,7-8,10H2,1H3,(H,20,21). The highest BCUT2D eigenvalue weighted by Crippen LogP contribution is 2.32. The van der Waals surface area contributed by atoms with E-state index in [1.165, 1.54) is 4.90 Å². The summed E-state index contributed by atoms with van der Waals surface area (Å²) in [5.41, 5.74) is 2.57. The number of nitrogens with zero attached hydrogens (tertiary/aromatic N) is 3. The van der Waals surface area contributed by atoms with Crippen LogP contribution in [0.25, 0.3) is 0 Å². The zero-order chi connectivity index (χ0) is 15.4. The summed E-state index contributed by atoms with van der Waals surface area (Å²) in [4.78, 5) is 26.0. The number of carboxylic acids is 1. The molecule has 6 nitrogen and oxygen atoms in total. The molecule has 1 N–H and O–H groups in total. The molecule has 0 fully saturated rings. The second-order valence-electron chi connectivity index (χ2n) is 4.85. The van der Waals surface area contributed by atoms with Crippen molar-refractivity contribution in [2.45, 2.75) is 19.8 Å². The van der Waals surface area contributed by atoms with Crippen molar-refractivity contribution in [1.82, 2.24) is 0 Å². The zero-order valence-corrected chi connectivity index (χ0v) is 11.9. The van der Waals surface area contributed by atoms with Crippen LogP contribution in [0, 0.1) is 11.3 Å². The number of aliphatic carboxylic acids is 1. The highest BCUT2D eigenvalue weighted by Gasteiger charge is 2.27. The molecular formula is C15H17N3O3. The zero-order valence-electron chi connectivity index (χ0n) is 11.9. The van der Waals surface area contributed by atoms with E-state index in [1.54, 1.807) is 0 Å². The SMILES string of the molecule is CCN(CCC(=O)O)c1ccc2c(c1)CC(=O)N2CC#N. The summed E-state index contributed by atoms with van der Waals surface area (Å²) in [6, 6.07) is 7.60. The molecule has 1 heterocycles. The summed E-state index contributed by atoms with van der Waals surface area (Å²) in [7, 11) is 0. The summed E-state index contributed by atoms with van der Waals surface area (Å²) in [5, 5.41) is 17.5. The fourth-order valence-corrected chi connectivity index (χ4v) is 2.51. The molecule has 6 heteroatoms. The first-order chi connectivity index (χ1) is 10.1. The maximum Gasteiger partial charge on any atom is 0.305 e. The van der Waals surface area contributed by atoms with Crippen molar-refractivity contribution in [3.8, 4) is 6.07 Å². The number of hydrogen-bond acceptors (Lipinski definition) is 4. The molecule has 0 aromatic heterocycles. The van der Waals surface area contributed by atoms with Crippen LogP contribution in [0.1, 0.15) is 18.9 Å². The van der Waals surface area contributed by atoms with E-state index in [0.29, 0.717) is 19.5 Å². The van der Waals surface area contributed by atoms with Crippen molar-refractivity contribution in [1.29, 1.82) is 5.26 Å². The summed E-state index contributed by atoms with van der Waals surface area (Å²) in [5.74, 6) is -0.901. The summed E-state index contributed by atoms with van der Waals surface area (Å²) >= 11 is 0. The van der Waals surface area contributed by atoms with Crippen LogP contribution in [0.5, 0.6) is 0 Å². The van der Waals surface area contributed by atoms with Crippen molar-refractivity contribution in [2.75, 3.05) is 29.4 Å². The quantitative estimate of drug-likeness (QED) is 0.799. The Balaban J connectivity index is 2.22. The number of carbonyl (C=O) groups excluding carboxylic acids is 1. The maximum atomic E-state index is 11.9. The van der Waals surface area contributed by atoms with Gasteiger partial charge in [0.25, 0.3) is 0 Å². The molecular weight excluding hydrogens is 270 g/mol. The van der Waals surface area contributed by atoms with Crippen molar-refractivity contribution >= 4 is 23.3 Å². The number of rotatable bonds is 6. The largest absolute Gasteiger partial charge is 0.481 e. The van der Waals surface area contributed by atoms with Gasteiger partial charge < -0.3 is 10.0 Å². The van der Waals surface area contributed by atoms with Gasteiger partial charge in [-0.25, -0.2) is 0 Å². The van der Waals surface area contributed by atoms with Crippen LogP contribution < -0.4 is 9.80 Å². The molecule has 1 aromatic carbocycles. The van der Waals surface area contributed by atoms with Gasteiger partial charge in [0.2, 0.25) is 5.91 Å². The van der Waals surface area contributed by atoms with Crippen LogP contribution in [0.4, 0.5) is 11.4 Å². The van der Waals surface area contributed by atoms with E-state index in [1.807, 2.05) is 36.1 Å². The van der Waals surface area contributed by atoms with Gasteiger partial charge in [-0.15, -0.1) is 0 Å². The lowest BCUT2D eigenvalue weighted by atomic mass is 10.1. The Hall–Kier alpha value is -2.55. The number of amides is 1. The number of nitriles is 1. The highest BCUT2D eigenvalue weighted by atomic mass is 16.4. The van der Waals surface area contributed by atoms with Crippen LogP contribution >= 0.6 is 0 Å². The van der Waals surface area contributed by atoms with Crippen LogP contribution in [-0.4, -0.2) is 36.6 Å². The first kappa shape index (κ1) is 14.9. The molecule has 0 aliphatic carbocycles. The molecule has 0 bridgehead atoms. The Morgan fingerprint density at radius 2 is 2.29 bits per heavy atom. The molecule has 0 unspecified atom stereocenters. The molecule has 0 saturated heterocycles. The van der Waals surface area contributed by atoms with Gasteiger partial charge >= 0.3 is 5.97 Å². The summed E-state index contributed by atoms with van der Waals surface area (Å²) in [6.45, 7) is 3.15. The molecule has 0 saturated carbocycles. The van der Waals surface area contributed by atoms with Gasteiger partial charge in [-0.2, -0.15) is 5.26 Å². The third-order valence-electron chi connectivity index (χ3n) is 3.57. The number of fused-ring (bicyclic) bond motifs is 1. The first-order valence-corrected chi connectivity index (χ1v) is 6.83. The van der Waals surface area contributed by atoms with Crippen molar-refractivity contribution in [3.63, 3.8) is 0 Å². The fourth-order valence-electron chi connectivity index (χ4n) is 2.51. The first-order valence-electron chi connectivity index (χ1n) is 6.83. The van der Waals surface area contributed by atoms with E-state index in [2.05, 4.69) is 0 Å². The summed E-state index contributed by atoms with van der Waals surface area (Å²) in [6.07, 6.45) is 0.367. The molecule has 0 spiro atoms. The average Bonchev–Trinajstić information content (AvgIpc) is 2.75. The minimum atomic E-state index is -0.829. The van der Waals surface area contributed by atoms with Gasteiger partial charge in [-0.05, 0) is 30.7 Å². The van der Waals surface area contributed by atoms with Crippen LogP contribution in [0.2, 0.25) is 0 Å². The topological polar surface area (TPSA) is 84.6 Å². The second kappa shape index (κ2) is 6.27. The molecule has 1 aliphatic heterocycles. The predicted octanol–water partition coefficient (Wildman–Crippen LogP) is 1.40. The smallest absolute Gasteiger partial charge is 0.305 e.